The van der Waals surface area contributed by atoms with Gasteiger partial charge in [0.25, 0.3) is 11.5 Å². The summed E-state index contributed by atoms with van der Waals surface area (Å²) in [4.78, 5) is 42.6. The van der Waals surface area contributed by atoms with Crippen LogP contribution in [0.25, 0.3) is 10.2 Å². The quantitative estimate of drug-likeness (QED) is 0.238. The number of hydrogen-bond acceptors (Lipinski definition) is 6. The second-order valence-corrected chi connectivity index (χ2v) is 8.97. The van der Waals surface area contributed by atoms with E-state index in [1.54, 1.807) is 66.0 Å². The predicted molar refractivity (Wildman–Crippen MR) is 123 cm³/mol. The zero-order valence-electron chi connectivity index (χ0n) is 15.4. The Morgan fingerprint density at radius 3 is 2.50 bits per heavy atom. The number of aromatic nitrogens is 2. The van der Waals surface area contributed by atoms with Crippen molar-refractivity contribution in [1.82, 2.24) is 9.66 Å². The number of benzene rings is 2. The van der Waals surface area contributed by atoms with Crippen LogP contribution in [0.1, 0.15) is 20.7 Å². The SMILES string of the molecule is O=C(CSc1nc2ccsc2c(=O)n1NC(=O)c1ccccc1)c1ccc(Br)cc1. The van der Waals surface area contributed by atoms with E-state index in [2.05, 4.69) is 26.3 Å². The molecule has 0 spiro atoms. The highest BCUT2D eigenvalue weighted by Crippen LogP contribution is 2.22. The molecule has 2 aromatic heterocycles. The molecule has 0 aliphatic rings. The highest BCUT2D eigenvalue weighted by atomic mass is 79.9. The lowest BCUT2D eigenvalue weighted by Gasteiger charge is -2.13. The Kier molecular flexibility index (Phi) is 6.12. The zero-order chi connectivity index (χ0) is 21.1. The van der Waals surface area contributed by atoms with Crippen LogP contribution in [-0.2, 0) is 0 Å². The summed E-state index contributed by atoms with van der Waals surface area (Å²) in [5.41, 5.74) is 3.75. The van der Waals surface area contributed by atoms with E-state index in [0.717, 1.165) is 20.9 Å². The number of thiophene rings is 1. The molecule has 1 amide bonds. The third-order valence-corrected chi connectivity index (χ3v) is 6.56. The maximum atomic E-state index is 12.9. The number of nitrogens with zero attached hydrogens (tertiary/aromatic N) is 2. The van der Waals surface area contributed by atoms with Gasteiger partial charge in [0.15, 0.2) is 10.9 Å². The van der Waals surface area contributed by atoms with Gasteiger partial charge < -0.3 is 0 Å². The fraction of sp³-hybridized carbons (Fsp3) is 0.0476. The van der Waals surface area contributed by atoms with Gasteiger partial charge in [0.05, 0.1) is 11.3 Å². The summed E-state index contributed by atoms with van der Waals surface area (Å²) in [6.07, 6.45) is 0. The van der Waals surface area contributed by atoms with Crippen LogP contribution in [0.5, 0.6) is 0 Å². The molecule has 0 atom stereocenters. The molecule has 0 unspecified atom stereocenters. The van der Waals surface area contributed by atoms with Crippen LogP contribution in [0.3, 0.4) is 0 Å². The molecule has 2 heterocycles. The number of ketones is 1. The maximum Gasteiger partial charge on any atom is 0.291 e. The summed E-state index contributed by atoms with van der Waals surface area (Å²) < 4.78 is 2.44. The van der Waals surface area contributed by atoms with Crippen LogP contribution < -0.4 is 11.0 Å². The van der Waals surface area contributed by atoms with Crippen LogP contribution in [-0.4, -0.2) is 27.1 Å². The number of fused-ring (bicyclic) bond motifs is 1. The van der Waals surface area contributed by atoms with Crippen molar-refractivity contribution in [3.63, 3.8) is 0 Å². The Morgan fingerprint density at radius 2 is 1.77 bits per heavy atom. The van der Waals surface area contributed by atoms with E-state index in [4.69, 9.17) is 0 Å². The average molecular weight is 500 g/mol. The smallest absolute Gasteiger partial charge is 0.291 e. The number of Topliss-reactive ketones (excluding diaryl/α,β-unsaturated/α-hetero) is 1. The van der Waals surface area contributed by atoms with Crippen molar-refractivity contribution < 1.29 is 9.59 Å². The second kappa shape index (κ2) is 8.95. The Morgan fingerprint density at radius 1 is 1.03 bits per heavy atom. The van der Waals surface area contributed by atoms with Crippen LogP contribution in [0.2, 0.25) is 0 Å². The van der Waals surface area contributed by atoms with E-state index in [1.807, 2.05) is 0 Å². The highest BCUT2D eigenvalue weighted by Gasteiger charge is 2.17. The molecule has 6 nitrogen and oxygen atoms in total. The van der Waals surface area contributed by atoms with Crippen LogP contribution >= 0.6 is 39.0 Å². The molecule has 4 aromatic rings. The monoisotopic (exact) mass is 499 g/mol. The number of thioether (sulfide) groups is 1. The number of carbonyl (C=O) groups is 2. The summed E-state index contributed by atoms with van der Waals surface area (Å²) in [6, 6.07) is 17.4. The Balaban J connectivity index is 1.63. The molecular formula is C21H14BrN3O3S2. The zero-order valence-corrected chi connectivity index (χ0v) is 18.6. The summed E-state index contributed by atoms with van der Waals surface area (Å²) >= 11 is 5.70. The molecule has 0 radical (unpaired) electrons. The summed E-state index contributed by atoms with van der Waals surface area (Å²) in [5.74, 6) is -0.463. The fourth-order valence-corrected chi connectivity index (χ4v) is 4.56. The Bertz CT molecular complexity index is 1280. The second-order valence-electron chi connectivity index (χ2n) is 6.20. The first-order valence-electron chi connectivity index (χ1n) is 8.81. The van der Waals surface area contributed by atoms with Gasteiger partial charge in [0.1, 0.15) is 4.70 Å². The summed E-state index contributed by atoms with van der Waals surface area (Å²) in [7, 11) is 0. The van der Waals surface area contributed by atoms with Crippen molar-refractivity contribution in [2.75, 3.05) is 11.2 Å². The summed E-state index contributed by atoms with van der Waals surface area (Å²) in [5, 5.41) is 2.02. The van der Waals surface area contributed by atoms with Crippen LogP contribution in [0.15, 0.2) is 80.5 Å². The van der Waals surface area contributed by atoms with Crippen molar-refractivity contribution in [2.45, 2.75) is 5.16 Å². The van der Waals surface area contributed by atoms with Crippen molar-refractivity contribution in [3.8, 4) is 0 Å². The first-order valence-corrected chi connectivity index (χ1v) is 11.5. The molecule has 0 aliphatic carbocycles. The highest BCUT2D eigenvalue weighted by molar-refractivity contribution is 9.10. The molecule has 0 bridgehead atoms. The molecule has 2 aromatic carbocycles. The number of carbonyl (C=O) groups excluding carboxylic acids is 2. The third kappa shape index (κ3) is 4.38. The minimum Gasteiger partial charge on any atom is -0.293 e. The molecule has 0 aliphatic heterocycles. The Labute approximate surface area is 188 Å². The van der Waals surface area contributed by atoms with Gasteiger partial charge in [-0.15, -0.1) is 11.3 Å². The summed E-state index contributed by atoms with van der Waals surface area (Å²) in [6.45, 7) is 0. The molecule has 9 heteroatoms. The Hall–Kier alpha value is -2.75. The lowest BCUT2D eigenvalue weighted by atomic mass is 10.2. The lowest BCUT2D eigenvalue weighted by molar-refractivity contribution is 0.100. The van der Waals surface area contributed by atoms with Gasteiger partial charge in [-0.3, -0.25) is 19.8 Å². The van der Waals surface area contributed by atoms with Crippen molar-refractivity contribution in [1.29, 1.82) is 0 Å². The number of hydrogen-bond donors (Lipinski definition) is 1. The van der Waals surface area contributed by atoms with E-state index < -0.39 is 5.91 Å². The maximum absolute atomic E-state index is 12.9. The standard InChI is InChI=1S/C21H14BrN3O3S2/c22-15-8-6-13(7-9-15)17(26)12-30-21-23-16-10-11-29-18(16)20(28)25(21)24-19(27)14-4-2-1-3-5-14/h1-11H,12H2,(H,24,27). The molecular weight excluding hydrogens is 486 g/mol. The van der Waals surface area contributed by atoms with Crippen molar-refractivity contribution >= 4 is 60.9 Å². The van der Waals surface area contributed by atoms with Gasteiger partial charge in [0, 0.05) is 15.6 Å². The number of rotatable bonds is 6. The van der Waals surface area contributed by atoms with Crippen molar-refractivity contribution in [3.05, 3.63) is 92.0 Å². The first-order chi connectivity index (χ1) is 14.5. The van der Waals surface area contributed by atoms with E-state index in [0.29, 0.717) is 21.3 Å². The van der Waals surface area contributed by atoms with Crippen LogP contribution in [0.4, 0.5) is 0 Å². The minimum atomic E-state index is -0.434. The van der Waals surface area contributed by atoms with Gasteiger partial charge in [-0.1, -0.05) is 58.0 Å². The van der Waals surface area contributed by atoms with Gasteiger partial charge in [0.2, 0.25) is 0 Å². The minimum absolute atomic E-state index is 0.0743. The number of halogens is 1. The number of amides is 1. The topological polar surface area (TPSA) is 81.1 Å². The van der Waals surface area contributed by atoms with E-state index >= 15 is 0 Å². The van der Waals surface area contributed by atoms with Gasteiger partial charge in [-0.2, -0.15) is 4.68 Å². The van der Waals surface area contributed by atoms with Crippen LogP contribution in [0, 0.1) is 0 Å². The molecule has 0 fully saturated rings. The normalized spacial score (nSPS) is 10.8. The molecule has 4 rings (SSSR count). The van der Waals surface area contributed by atoms with Gasteiger partial charge >= 0.3 is 0 Å². The largest absolute Gasteiger partial charge is 0.293 e. The molecule has 1 N–H and O–H groups in total. The van der Waals surface area contributed by atoms with Gasteiger partial charge in [-0.25, -0.2) is 4.98 Å². The van der Waals surface area contributed by atoms with Crippen molar-refractivity contribution in [2.24, 2.45) is 0 Å². The van der Waals surface area contributed by atoms with E-state index in [9.17, 15) is 14.4 Å². The molecule has 150 valence electrons. The predicted octanol–water partition coefficient (Wildman–Crippen LogP) is 4.58. The number of nitrogens with one attached hydrogen (secondary N) is 1. The lowest BCUT2D eigenvalue weighted by Crippen LogP contribution is -2.34. The van der Waals surface area contributed by atoms with E-state index in [-0.39, 0.29) is 22.3 Å². The molecule has 30 heavy (non-hydrogen) atoms. The van der Waals surface area contributed by atoms with Gasteiger partial charge in [-0.05, 0) is 35.7 Å². The fourth-order valence-electron chi connectivity index (χ4n) is 2.69. The molecule has 0 saturated carbocycles. The molecule has 0 saturated heterocycles. The first kappa shape index (κ1) is 20.5. The average Bonchev–Trinajstić information content (AvgIpc) is 3.24. The third-order valence-electron chi connectivity index (χ3n) is 4.20. The van der Waals surface area contributed by atoms with E-state index in [1.165, 1.54) is 11.3 Å².